The Balaban J connectivity index is 2.08. The molecule has 126 valence electrons. The molecule has 0 aliphatic carbocycles. The summed E-state index contributed by atoms with van der Waals surface area (Å²) in [6.45, 7) is 2.41. The molecule has 2 aromatic rings. The third-order valence-electron chi connectivity index (χ3n) is 3.18. The van der Waals surface area contributed by atoms with Crippen LogP contribution in [-0.2, 0) is 4.79 Å². The predicted octanol–water partition coefficient (Wildman–Crippen LogP) is 1.19. The van der Waals surface area contributed by atoms with Crippen molar-refractivity contribution in [1.29, 1.82) is 0 Å². The quantitative estimate of drug-likeness (QED) is 0.541. The molecule has 1 heterocycles. The van der Waals surface area contributed by atoms with E-state index in [1.165, 1.54) is 28.6 Å². The number of carboxylic acid groups (broad SMARTS) is 1. The number of ketones is 1. The Morgan fingerprint density at radius 2 is 2.04 bits per heavy atom. The number of aromatic carboxylic acids is 1. The van der Waals surface area contributed by atoms with Crippen LogP contribution < -0.4 is 5.32 Å². The van der Waals surface area contributed by atoms with Crippen LogP contribution in [0.3, 0.4) is 0 Å². The van der Waals surface area contributed by atoms with Gasteiger partial charge in [0, 0.05) is 6.54 Å². The summed E-state index contributed by atoms with van der Waals surface area (Å²) in [6.07, 6.45) is 1.83. The van der Waals surface area contributed by atoms with E-state index in [2.05, 4.69) is 20.8 Å². The Labute approximate surface area is 142 Å². The van der Waals surface area contributed by atoms with Crippen molar-refractivity contribution in [3.63, 3.8) is 0 Å². The number of rotatable bonds is 8. The van der Waals surface area contributed by atoms with E-state index in [1.54, 1.807) is 19.1 Å². The van der Waals surface area contributed by atoms with Gasteiger partial charge in [-0.15, -0.1) is 5.10 Å². The topological polar surface area (TPSA) is 110 Å². The molecule has 0 radical (unpaired) electrons. The Morgan fingerprint density at radius 3 is 2.67 bits per heavy atom. The highest BCUT2D eigenvalue weighted by Crippen LogP contribution is 2.19. The average Bonchev–Trinajstić information content (AvgIpc) is 3.06. The summed E-state index contributed by atoms with van der Waals surface area (Å²) in [5.74, 6) is -0.770. The van der Waals surface area contributed by atoms with Crippen LogP contribution in [0.2, 0.25) is 0 Å². The molecular formula is C15H17N5O3S. The molecule has 0 bridgehead atoms. The summed E-state index contributed by atoms with van der Waals surface area (Å²) >= 11 is 1.23. The number of carbonyl (C=O) groups excluding carboxylic acids is 1. The van der Waals surface area contributed by atoms with E-state index in [0.29, 0.717) is 23.0 Å². The number of tetrazole rings is 1. The molecule has 9 heteroatoms. The summed E-state index contributed by atoms with van der Waals surface area (Å²) in [6, 6.07) is 6.18. The van der Waals surface area contributed by atoms with Gasteiger partial charge >= 0.3 is 5.97 Å². The number of likely N-dealkylation sites (N-methyl/N-ethyl adjacent to an activating group) is 1. The summed E-state index contributed by atoms with van der Waals surface area (Å²) in [7, 11) is 1.81. The second-order valence-electron chi connectivity index (χ2n) is 4.88. The zero-order valence-electron chi connectivity index (χ0n) is 13.3. The molecule has 0 fully saturated rings. The van der Waals surface area contributed by atoms with Crippen molar-refractivity contribution in [2.24, 2.45) is 0 Å². The molecule has 0 spiro atoms. The van der Waals surface area contributed by atoms with Crippen LogP contribution in [0.4, 0.5) is 0 Å². The maximum atomic E-state index is 12.1. The number of benzene rings is 1. The van der Waals surface area contributed by atoms with Crippen molar-refractivity contribution in [1.82, 2.24) is 25.5 Å². The van der Waals surface area contributed by atoms with Crippen LogP contribution in [0.1, 0.15) is 17.3 Å². The number of carboxylic acids is 1. The molecule has 24 heavy (non-hydrogen) atoms. The van der Waals surface area contributed by atoms with Gasteiger partial charge in [0.25, 0.3) is 0 Å². The van der Waals surface area contributed by atoms with Gasteiger partial charge in [0.15, 0.2) is 5.78 Å². The SMILES string of the molecule is CNC/C=C(\C)C(=O)CSc1nnnn1-c1ccc(C(=O)O)cc1. The van der Waals surface area contributed by atoms with Gasteiger partial charge in [-0.2, -0.15) is 4.68 Å². The number of aromatic nitrogens is 4. The molecule has 0 aliphatic heterocycles. The van der Waals surface area contributed by atoms with E-state index in [9.17, 15) is 9.59 Å². The van der Waals surface area contributed by atoms with Crippen LogP contribution in [0.25, 0.3) is 5.69 Å². The summed E-state index contributed by atoms with van der Waals surface area (Å²) in [5.41, 5.74) is 1.49. The molecule has 0 saturated heterocycles. The lowest BCUT2D eigenvalue weighted by atomic mass is 10.2. The Morgan fingerprint density at radius 1 is 1.33 bits per heavy atom. The number of thioether (sulfide) groups is 1. The minimum Gasteiger partial charge on any atom is -0.478 e. The number of carbonyl (C=O) groups is 2. The van der Waals surface area contributed by atoms with E-state index in [1.807, 2.05) is 13.1 Å². The fourth-order valence-electron chi connectivity index (χ4n) is 1.79. The van der Waals surface area contributed by atoms with Crippen LogP contribution in [0.5, 0.6) is 0 Å². The number of nitrogens with one attached hydrogen (secondary N) is 1. The highest BCUT2D eigenvalue weighted by molar-refractivity contribution is 7.99. The first-order chi connectivity index (χ1) is 11.5. The van der Waals surface area contributed by atoms with Crippen molar-refractivity contribution >= 4 is 23.5 Å². The van der Waals surface area contributed by atoms with Crippen LogP contribution in [-0.4, -0.2) is 56.4 Å². The van der Waals surface area contributed by atoms with Crippen LogP contribution in [0.15, 0.2) is 41.1 Å². The summed E-state index contributed by atoms with van der Waals surface area (Å²) in [5, 5.41) is 23.8. The first-order valence-electron chi connectivity index (χ1n) is 7.12. The lowest BCUT2D eigenvalue weighted by Crippen LogP contribution is -2.10. The first kappa shape index (κ1) is 17.8. The van der Waals surface area contributed by atoms with E-state index >= 15 is 0 Å². The second kappa shape index (κ2) is 8.37. The fourth-order valence-corrected chi connectivity index (χ4v) is 2.64. The predicted molar refractivity (Wildman–Crippen MR) is 89.5 cm³/mol. The van der Waals surface area contributed by atoms with Gasteiger partial charge < -0.3 is 10.4 Å². The fraction of sp³-hybridized carbons (Fsp3) is 0.267. The van der Waals surface area contributed by atoms with Crippen LogP contribution >= 0.6 is 11.8 Å². The standard InChI is InChI=1S/C15H17N5O3S/c1-10(7-8-16-2)13(21)9-24-15-17-18-19-20(15)12-5-3-11(4-6-12)14(22)23/h3-7,16H,8-9H2,1-2H3,(H,22,23)/b10-7+. The highest BCUT2D eigenvalue weighted by atomic mass is 32.2. The highest BCUT2D eigenvalue weighted by Gasteiger charge is 2.13. The van der Waals surface area contributed by atoms with Crippen molar-refractivity contribution in [2.75, 3.05) is 19.3 Å². The molecular weight excluding hydrogens is 330 g/mol. The zero-order chi connectivity index (χ0) is 17.5. The van der Waals surface area contributed by atoms with Gasteiger partial charge in [0.05, 0.1) is 17.0 Å². The maximum Gasteiger partial charge on any atom is 0.335 e. The monoisotopic (exact) mass is 347 g/mol. The van der Waals surface area contributed by atoms with E-state index in [0.717, 1.165) is 0 Å². The van der Waals surface area contributed by atoms with Crippen molar-refractivity contribution < 1.29 is 14.7 Å². The average molecular weight is 347 g/mol. The third-order valence-corrected chi connectivity index (χ3v) is 4.10. The van der Waals surface area contributed by atoms with E-state index < -0.39 is 5.97 Å². The third kappa shape index (κ3) is 4.49. The number of hydrogen-bond donors (Lipinski definition) is 2. The minimum atomic E-state index is -0.998. The molecule has 0 aliphatic rings. The molecule has 1 aromatic carbocycles. The van der Waals surface area contributed by atoms with Gasteiger partial charge in [-0.3, -0.25) is 4.79 Å². The maximum absolute atomic E-state index is 12.1. The van der Waals surface area contributed by atoms with Gasteiger partial charge in [-0.05, 0) is 54.2 Å². The molecule has 1 aromatic heterocycles. The normalized spacial score (nSPS) is 11.5. The lowest BCUT2D eigenvalue weighted by Gasteiger charge is -2.05. The Bertz CT molecular complexity index is 755. The van der Waals surface area contributed by atoms with Gasteiger partial charge in [-0.25, -0.2) is 4.79 Å². The number of Topliss-reactive ketones (excluding diaryl/α,β-unsaturated/α-hetero) is 1. The molecule has 0 atom stereocenters. The smallest absolute Gasteiger partial charge is 0.335 e. The zero-order valence-corrected chi connectivity index (χ0v) is 14.1. The molecule has 8 nitrogen and oxygen atoms in total. The van der Waals surface area contributed by atoms with Crippen molar-refractivity contribution in [2.45, 2.75) is 12.1 Å². The Kier molecular flexibility index (Phi) is 6.21. The lowest BCUT2D eigenvalue weighted by molar-refractivity contribution is -0.113. The molecule has 0 amide bonds. The van der Waals surface area contributed by atoms with E-state index in [-0.39, 0.29) is 17.1 Å². The molecule has 2 N–H and O–H groups in total. The second-order valence-corrected chi connectivity index (χ2v) is 5.82. The Hall–Kier alpha value is -2.52. The first-order valence-corrected chi connectivity index (χ1v) is 8.11. The number of hydrogen-bond acceptors (Lipinski definition) is 7. The van der Waals surface area contributed by atoms with Gasteiger partial charge in [-0.1, -0.05) is 17.8 Å². The molecule has 0 unspecified atom stereocenters. The summed E-state index contributed by atoms with van der Waals surface area (Å²) < 4.78 is 1.47. The number of allylic oxidation sites excluding steroid dienone is 1. The number of nitrogens with zero attached hydrogens (tertiary/aromatic N) is 4. The molecule has 2 rings (SSSR count). The largest absolute Gasteiger partial charge is 0.478 e. The van der Waals surface area contributed by atoms with Gasteiger partial charge in [0.1, 0.15) is 0 Å². The van der Waals surface area contributed by atoms with Crippen molar-refractivity contribution in [3.8, 4) is 5.69 Å². The summed E-state index contributed by atoms with van der Waals surface area (Å²) in [4.78, 5) is 22.9. The van der Waals surface area contributed by atoms with E-state index in [4.69, 9.17) is 5.11 Å². The minimum absolute atomic E-state index is 0.00558. The van der Waals surface area contributed by atoms with Crippen molar-refractivity contribution in [3.05, 3.63) is 41.5 Å². The van der Waals surface area contributed by atoms with Gasteiger partial charge in [0.2, 0.25) is 5.16 Å². The van der Waals surface area contributed by atoms with Crippen LogP contribution in [0, 0.1) is 0 Å². The molecule has 0 saturated carbocycles.